The summed E-state index contributed by atoms with van der Waals surface area (Å²) in [6, 6.07) is 5.17. The topological polar surface area (TPSA) is 93.8 Å². The zero-order valence-electron chi connectivity index (χ0n) is 13.9. The molecule has 4 rings (SSSR count). The molecule has 0 aliphatic carbocycles. The lowest BCUT2D eigenvalue weighted by atomic mass is 10.1. The van der Waals surface area contributed by atoms with Gasteiger partial charge in [-0.3, -0.25) is 10.1 Å². The predicted octanol–water partition coefficient (Wildman–Crippen LogP) is 4.89. The van der Waals surface area contributed by atoms with Gasteiger partial charge in [-0.25, -0.2) is 9.97 Å². The van der Waals surface area contributed by atoms with Crippen LogP contribution in [0.4, 0.5) is 0 Å². The fourth-order valence-electron chi connectivity index (χ4n) is 2.52. The van der Waals surface area contributed by atoms with Crippen LogP contribution < -0.4 is 4.74 Å². The molecule has 3 heterocycles. The van der Waals surface area contributed by atoms with Crippen LogP contribution in [-0.2, 0) is 5.11 Å². The summed E-state index contributed by atoms with van der Waals surface area (Å²) in [6.07, 6.45) is 4.50. The fraction of sp³-hybridized carbons (Fsp3) is 0.111. The van der Waals surface area contributed by atoms with E-state index < -0.39 is 0 Å². The molecule has 8 heteroatoms. The Bertz CT molecular complexity index is 1100. The van der Waals surface area contributed by atoms with Gasteiger partial charge in [0.15, 0.2) is 11.5 Å². The molecule has 129 valence electrons. The van der Waals surface area contributed by atoms with Crippen molar-refractivity contribution < 1.29 is 14.3 Å². The molecule has 1 radical (unpaired) electrons. The van der Waals surface area contributed by atoms with E-state index in [1.807, 2.05) is 0 Å². The highest BCUT2D eigenvalue weighted by atomic mass is 35.5. The lowest BCUT2D eigenvalue weighted by molar-refractivity contribution is 0.348. The van der Waals surface area contributed by atoms with Crippen molar-refractivity contribution in [3.05, 3.63) is 52.9 Å². The maximum Gasteiger partial charge on any atom is 0.325 e. The van der Waals surface area contributed by atoms with E-state index in [1.54, 1.807) is 32.0 Å². The number of aryl methyl sites for hydroxylation is 2. The third-order valence-electron chi connectivity index (χ3n) is 3.73. The number of oxazole rings is 1. The average molecular weight is 368 g/mol. The van der Waals surface area contributed by atoms with Crippen LogP contribution in [0.2, 0.25) is 5.02 Å². The van der Waals surface area contributed by atoms with Crippen molar-refractivity contribution in [3.8, 4) is 29.0 Å². The largest absolute Gasteiger partial charge is 0.423 e. The first-order valence-corrected chi connectivity index (χ1v) is 8.08. The third-order valence-corrected chi connectivity index (χ3v) is 3.93. The van der Waals surface area contributed by atoms with Gasteiger partial charge in [-0.1, -0.05) is 11.6 Å². The summed E-state index contributed by atoms with van der Waals surface area (Å²) in [5.74, 6) is 0.784. The Morgan fingerprint density at radius 3 is 2.54 bits per heavy atom. The molecular formula is C18H12ClN4O3. The molecule has 26 heavy (non-hydrogen) atoms. The van der Waals surface area contributed by atoms with E-state index in [0.717, 1.165) is 0 Å². The van der Waals surface area contributed by atoms with E-state index in [2.05, 4.69) is 19.9 Å². The maximum absolute atomic E-state index is 11.9. The molecule has 0 aliphatic heterocycles. The Labute approximate surface area is 153 Å². The number of nitrogens with zero attached hydrogens (tertiary/aromatic N) is 4. The highest BCUT2D eigenvalue weighted by molar-refractivity contribution is 6.30. The first-order chi connectivity index (χ1) is 12.5. The Morgan fingerprint density at radius 2 is 1.81 bits per heavy atom. The molecule has 0 bridgehead atoms. The van der Waals surface area contributed by atoms with Crippen LogP contribution in [0, 0.1) is 13.8 Å². The van der Waals surface area contributed by atoms with Gasteiger partial charge < -0.3 is 9.15 Å². The molecule has 0 aliphatic rings. The van der Waals surface area contributed by atoms with Gasteiger partial charge in [0.2, 0.25) is 5.89 Å². The van der Waals surface area contributed by atoms with E-state index in [9.17, 15) is 5.11 Å². The summed E-state index contributed by atoms with van der Waals surface area (Å²) in [4.78, 5) is 16.6. The highest BCUT2D eigenvalue weighted by Crippen LogP contribution is 2.31. The van der Waals surface area contributed by atoms with E-state index >= 15 is 0 Å². The molecule has 3 aromatic heterocycles. The average Bonchev–Trinajstić information content (AvgIpc) is 3.02. The lowest BCUT2D eigenvalue weighted by Crippen LogP contribution is -1.91. The van der Waals surface area contributed by atoms with Crippen molar-refractivity contribution in [2.45, 2.75) is 13.8 Å². The van der Waals surface area contributed by atoms with E-state index in [0.29, 0.717) is 38.9 Å². The van der Waals surface area contributed by atoms with Crippen LogP contribution in [0.25, 0.3) is 22.7 Å². The van der Waals surface area contributed by atoms with Crippen molar-refractivity contribution in [2.24, 2.45) is 0 Å². The monoisotopic (exact) mass is 367 g/mol. The SMILES string of the molecule is Cc1cc(-c2nc3cnc(Oc4cncc(Cl)c4)nc3o2)cc(C)c1[O]. The second-order valence-corrected chi connectivity index (χ2v) is 6.18. The summed E-state index contributed by atoms with van der Waals surface area (Å²) < 4.78 is 11.3. The predicted molar refractivity (Wildman–Crippen MR) is 94.0 cm³/mol. The molecule has 0 amide bonds. The van der Waals surface area contributed by atoms with Crippen LogP contribution in [0.1, 0.15) is 11.1 Å². The van der Waals surface area contributed by atoms with Crippen molar-refractivity contribution in [3.63, 3.8) is 0 Å². The van der Waals surface area contributed by atoms with Gasteiger partial charge >= 0.3 is 6.01 Å². The molecule has 1 aromatic carbocycles. The second kappa shape index (κ2) is 6.27. The van der Waals surface area contributed by atoms with Gasteiger partial charge in [0.05, 0.1) is 17.4 Å². The molecule has 7 nitrogen and oxygen atoms in total. The first kappa shape index (κ1) is 16.3. The van der Waals surface area contributed by atoms with Gasteiger partial charge in [-0.05, 0) is 37.1 Å². The molecule has 0 saturated heterocycles. The summed E-state index contributed by atoms with van der Waals surface area (Å²) in [7, 11) is 0. The molecule has 4 aromatic rings. The van der Waals surface area contributed by atoms with E-state index in [4.69, 9.17) is 20.8 Å². The number of halogens is 1. The summed E-state index contributed by atoms with van der Waals surface area (Å²) in [5, 5.41) is 12.3. The number of hydrogen-bond donors (Lipinski definition) is 0. The van der Waals surface area contributed by atoms with Gasteiger partial charge in [0.1, 0.15) is 5.52 Å². The summed E-state index contributed by atoms with van der Waals surface area (Å²) in [6.45, 7) is 3.51. The first-order valence-electron chi connectivity index (χ1n) is 7.70. The van der Waals surface area contributed by atoms with Crippen molar-refractivity contribution in [2.75, 3.05) is 0 Å². The number of fused-ring (bicyclic) bond motifs is 1. The zero-order chi connectivity index (χ0) is 18.3. The standard InChI is InChI=1S/C18H12ClN4O3/c1-9-3-11(4-10(2)15(9)24)16-22-14-8-21-18(23-17(14)26-16)25-13-5-12(19)6-20-7-13/h3-8H,1-2H3. The summed E-state index contributed by atoms with van der Waals surface area (Å²) in [5.41, 5.74) is 2.73. The molecule has 0 atom stereocenters. The van der Waals surface area contributed by atoms with Crippen molar-refractivity contribution >= 4 is 22.8 Å². The Morgan fingerprint density at radius 1 is 1.04 bits per heavy atom. The second-order valence-electron chi connectivity index (χ2n) is 5.74. The minimum atomic E-state index is 0.00969. The molecule has 0 N–H and O–H groups in total. The molecule has 0 spiro atoms. The molecular weight excluding hydrogens is 356 g/mol. The Balaban J connectivity index is 1.70. The maximum atomic E-state index is 11.9. The van der Waals surface area contributed by atoms with Crippen LogP contribution in [0.15, 0.2) is 41.2 Å². The normalized spacial score (nSPS) is 11.0. The quantitative estimate of drug-likeness (QED) is 0.512. The van der Waals surface area contributed by atoms with Crippen molar-refractivity contribution in [1.29, 1.82) is 0 Å². The van der Waals surface area contributed by atoms with Gasteiger partial charge in [0.25, 0.3) is 5.71 Å². The van der Waals surface area contributed by atoms with E-state index in [-0.39, 0.29) is 17.5 Å². The lowest BCUT2D eigenvalue weighted by Gasteiger charge is -2.02. The third kappa shape index (κ3) is 3.04. The number of pyridine rings is 1. The van der Waals surface area contributed by atoms with E-state index in [1.165, 1.54) is 18.6 Å². The minimum Gasteiger partial charge on any atom is -0.423 e. The molecule has 0 saturated carbocycles. The van der Waals surface area contributed by atoms with Crippen LogP contribution in [-0.4, -0.2) is 19.9 Å². The summed E-state index contributed by atoms with van der Waals surface area (Å²) >= 11 is 5.88. The smallest absolute Gasteiger partial charge is 0.325 e. The molecule has 0 unspecified atom stereocenters. The van der Waals surface area contributed by atoms with Crippen LogP contribution >= 0.6 is 11.6 Å². The van der Waals surface area contributed by atoms with Gasteiger partial charge in [-0.2, -0.15) is 4.98 Å². The fourth-order valence-corrected chi connectivity index (χ4v) is 2.68. The minimum absolute atomic E-state index is 0.00969. The number of aromatic nitrogens is 4. The number of ether oxygens (including phenoxy) is 1. The number of benzene rings is 1. The number of rotatable bonds is 3. The van der Waals surface area contributed by atoms with Crippen molar-refractivity contribution in [1.82, 2.24) is 19.9 Å². The van der Waals surface area contributed by atoms with Crippen LogP contribution in [0.3, 0.4) is 0 Å². The number of hydrogen-bond acceptors (Lipinski definition) is 6. The molecule has 0 fully saturated rings. The highest BCUT2D eigenvalue weighted by Gasteiger charge is 2.14. The zero-order valence-corrected chi connectivity index (χ0v) is 14.6. The Hall–Kier alpha value is -3.19. The Kier molecular flexibility index (Phi) is 3.93. The van der Waals surface area contributed by atoms with Crippen LogP contribution in [0.5, 0.6) is 17.5 Å². The van der Waals surface area contributed by atoms with Gasteiger partial charge in [0, 0.05) is 17.8 Å². The van der Waals surface area contributed by atoms with Gasteiger partial charge in [-0.15, -0.1) is 0 Å².